The molecule has 1 aliphatic heterocycles. The Bertz CT molecular complexity index is 636. The van der Waals surface area contributed by atoms with Gasteiger partial charge in [0.05, 0.1) is 10.5 Å². The van der Waals surface area contributed by atoms with Gasteiger partial charge in [0.1, 0.15) is 6.07 Å². The molecule has 1 fully saturated rings. The standard InChI is InChI=1S/C13H18N4O2S/c1-17-6-2-3-12(9-17)16-20(18,19)13-5-4-11(15)7-10(13)8-14/h4-5,7,12,16H,2-3,6,9,15H2,1H3. The highest BCUT2D eigenvalue weighted by Crippen LogP contribution is 2.19. The summed E-state index contributed by atoms with van der Waals surface area (Å²) >= 11 is 0. The second-order valence-corrected chi connectivity index (χ2v) is 6.77. The summed E-state index contributed by atoms with van der Waals surface area (Å²) in [7, 11) is -1.73. The van der Waals surface area contributed by atoms with Crippen LogP contribution in [-0.2, 0) is 10.0 Å². The van der Waals surface area contributed by atoms with Crippen LogP contribution in [0.4, 0.5) is 5.69 Å². The number of nitrogens with one attached hydrogen (secondary N) is 1. The van der Waals surface area contributed by atoms with Crippen LogP contribution in [-0.4, -0.2) is 39.5 Å². The largest absolute Gasteiger partial charge is 0.399 e. The normalized spacial score (nSPS) is 20.5. The Hall–Kier alpha value is -1.62. The average Bonchev–Trinajstić information content (AvgIpc) is 2.37. The van der Waals surface area contributed by atoms with Gasteiger partial charge in [-0.15, -0.1) is 0 Å². The minimum absolute atomic E-state index is 0.0116. The van der Waals surface area contributed by atoms with Crippen LogP contribution in [0.2, 0.25) is 0 Å². The van der Waals surface area contributed by atoms with Gasteiger partial charge in [-0.3, -0.25) is 0 Å². The first kappa shape index (κ1) is 14.8. The van der Waals surface area contributed by atoms with Crippen LogP contribution >= 0.6 is 0 Å². The van der Waals surface area contributed by atoms with Crippen molar-refractivity contribution in [2.75, 3.05) is 25.9 Å². The van der Waals surface area contributed by atoms with Gasteiger partial charge in [0.15, 0.2) is 0 Å². The van der Waals surface area contributed by atoms with Gasteiger partial charge in [0, 0.05) is 18.3 Å². The van der Waals surface area contributed by atoms with Crippen molar-refractivity contribution in [1.82, 2.24) is 9.62 Å². The minimum Gasteiger partial charge on any atom is -0.399 e. The first-order chi connectivity index (χ1) is 9.42. The zero-order chi connectivity index (χ0) is 14.8. The minimum atomic E-state index is -3.70. The Morgan fingerprint density at radius 1 is 1.50 bits per heavy atom. The van der Waals surface area contributed by atoms with E-state index in [9.17, 15) is 8.42 Å². The van der Waals surface area contributed by atoms with Crippen LogP contribution in [0.3, 0.4) is 0 Å². The number of nitrogen functional groups attached to an aromatic ring is 1. The molecular weight excluding hydrogens is 276 g/mol. The molecule has 0 saturated carbocycles. The highest BCUT2D eigenvalue weighted by Gasteiger charge is 2.25. The fourth-order valence-corrected chi connectivity index (χ4v) is 3.81. The van der Waals surface area contributed by atoms with E-state index in [2.05, 4.69) is 9.62 Å². The SMILES string of the molecule is CN1CCCC(NS(=O)(=O)c2ccc(N)cc2C#N)C1. The molecular formula is C13H18N4O2S. The van der Waals surface area contributed by atoms with E-state index in [1.165, 1.54) is 18.2 Å². The summed E-state index contributed by atoms with van der Waals surface area (Å²) in [5, 5.41) is 9.05. The summed E-state index contributed by atoms with van der Waals surface area (Å²) < 4.78 is 27.4. The number of likely N-dealkylation sites (tertiary alicyclic amines) is 1. The number of anilines is 1. The van der Waals surface area contributed by atoms with E-state index in [1.807, 2.05) is 13.1 Å². The lowest BCUT2D eigenvalue weighted by Crippen LogP contribution is -2.46. The van der Waals surface area contributed by atoms with Crippen LogP contribution in [0, 0.1) is 11.3 Å². The number of sulfonamides is 1. The quantitative estimate of drug-likeness (QED) is 0.791. The van der Waals surface area contributed by atoms with Gasteiger partial charge >= 0.3 is 0 Å². The van der Waals surface area contributed by atoms with Crippen molar-refractivity contribution < 1.29 is 8.42 Å². The molecule has 1 aromatic carbocycles. The fraction of sp³-hybridized carbons (Fsp3) is 0.462. The number of hydrogen-bond donors (Lipinski definition) is 2. The molecule has 0 radical (unpaired) electrons. The Kier molecular flexibility index (Phi) is 4.28. The van der Waals surface area contributed by atoms with Gasteiger partial charge in [-0.2, -0.15) is 5.26 Å². The van der Waals surface area contributed by atoms with Crippen molar-refractivity contribution in [3.8, 4) is 6.07 Å². The maximum Gasteiger partial charge on any atom is 0.242 e. The number of piperidine rings is 1. The zero-order valence-corrected chi connectivity index (χ0v) is 12.2. The summed E-state index contributed by atoms with van der Waals surface area (Å²) in [6.07, 6.45) is 1.76. The molecule has 1 aromatic rings. The second-order valence-electron chi connectivity index (χ2n) is 5.09. The van der Waals surface area contributed by atoms with Gasteiger partial charge in [-0.25, -0.2) is 13.1 Å². The van der Waals surface area contributed by atoms with Crippen molar-refractivity contribution in [3.63, 3.8) is 0 Å². The van der Waals surface area contributed by atoms with Crippen LogP contribution in [0.15, 0.2) is 23.1 Å². The number of rotatable bonds is 3. The summed E-state index contributed by atoms with van der Waals surface area (Å²) in [4.78, 5) is 2.08. The lowest BCUT2D eigenvalue weighted by Gasteiger charge is -2.30. The fourth-order valence-electron chi connectivity index (χ4n) is 2.41. The Morgan fingerprint density at radius 3 is 2.90 bits per heavy atom. The molecule has 6 nitrogen and oxygen atoms in total. The van der Waals surface area contributed by atoms with Gasteiger partial charge < -0.3 is 10.6 Å². The topological polar surface area (TPSA) is 99.2 Å². The first-order valence-corrected chi connectivity index (χ1v) is 7.91. The molecule has 20 heavy (non-hydrogen) atoms. The molecule has 0 amide bonds. The maximum atomic E-state index is 12.4. The second kappa shape index (κ2) is 5.79. The predicted octanol–water partition coefficient (Wildman–Crippen LogP) is 0.513. The highest BCUT2D eigenvalue weighted by atomic mass is 32.2. The summed E-state index contributed by atoms with van der Waals surface area (Å²) in [5.41, 5.74) is 6.02. The number of hydrogen-bond acceptors (Lipinski definition) is 5. The van der Waals surface area contributed by atoms with Gasteiger partial charge in [-0.1, -0.05) is 0 Å². The first-order valence-electron chi connectivity index (χ1n) is 6.43. The summed E-state index contributed by atoms with van der Waals surface area (Å²) in [6, 6.07) is 6.00. The Balaban J connectivity index is 2.25. The molecule has 0 aromatic heterocycles. The van der Waals surface area contributed by atoms with Crippen molar-refractivity contribution >= 4 is 15.7 Å². The molecule has 1 saturated heterocycles. The Morgan fingerprint density at radius 2 is 2.25 bits per heavy atom. The van der Waals surface area contributed by atoms with Gasteiger partial charge in [0.2, 0.25) is 10.0 Å². The average molecular weight is 294 g/mol. The smallest absolute Gasteiger partial charge is 0.242 e. The van der Waals surface area contributed by atoms with E-state index in [-0.39, 0.29) is 16.5 Å². The third kappa shape index (κ3) is 3.28. The van der Waals surface area contributed by atoms with Crippen LogP contribution < -0.4 is 10.5 Å². The van der Waals surface area contributed by atoms with Gasteiger partial charge in [0.25, 0.3) is 0 Å². The molecule has 1 unspecified atom stereocenters. The molecule has 0 bridgehead atoms. The van der Waals surface area contributed by atoms with E-state index >= 15 is 0 Å². The van der Waals surface area contributed by atoms with Crippen molar-refractivity contribution in [2.45, 2.75) is 23.8 Å². The molecule has 0 spiro atoms. The number of benzene rings is 1. The molecule has 108 valence electrons. The van der Waals surface area contributed by atoms with E-state index < -0.39 is 10.0 Å². The third-order valence-electron chi connectivity index (χ3n) is 3.36. The zero-order valence-electron chi connectivity index (χ0n) is 11.3. The molecule has 1 heterocycles. The van der Waals surface area contributed by atoms with Crippen molar-refractivity contribution in [3.05, 3.63) is 23.8 Å². The molecule has 1 atom stereocenters. The van der Waals surface area contributed by atoms with E-state index in [0.717, 1.165) is 19.4 Å². The maximum absolute atomic E-state index is 12.4. The molecule has 1 aliphatic rings. The van der Waals surface area contributed by atoms with Crippen molar-refractivity contribution in [1.29, 1.82) is 5.26 Å². The third-order valence-corrected chi connectivity index (χ3v) is 4.94. The predicted molar refractivity (Wildman–Crippen MR) is 76.4 cm³/mol. The van der Waals surface area contributed by atoms with E-state index in [1.54, 1.807) is 0 Å². The number of nitrogens with two attached hydrogens (primary N) is 1. The number of likely N-dealkylation sites (N-methyl/N-ethyl adjacent to an activating group) is 1. The summed E-state index contributed by atoms with van der Waals surface area (Å²) in [5.74, 6) is 0. The van der Waals surface area contributed by atoms with Crippen LogP contribution in [0.5, 0.6) is 0 Å². The van der Waals surface area contributed by atoms with Crippen LogP contribution in [0.1, 0.15) is 18.4 Å². The monoisotopic (exact) mass is 294 g/mol. The number of nitrogens with zero attached hydrogens (tertiary/aromatic N) is 2. The lowest BCUT2D eigenvalue weighted by molar-refractivity contribution is 0.242. The molecule has 3 N–H and O–H groups in total. The lowest BCUT2D eigenvalue weighted by atomic mass is 10.1. The summed E-state index contributed by atoms with van der Waals surface area (Å²) in [6.45, 7) is 1.65. The molecule has 2 rings (SSSR count). The van der Waals surface area contributed by atoms with Crippen LogP contribution in [0.25, 0.3) is 0 Å². The Labute approximate surface area is 119 Å². The van der Waals surface area contributed by atoms with Crippen molar-refractivity contribution in [2.24, 2.45) is 0 Å². The van der Waals surface area contributed by atoms with E-state index in [0.29, 0.717) is 12.2 Å². The molecule has 7 heteroatoms. The van der Waals surface area contributed by atoms with E-state index in [4.69, 9.17) is 11.0 Å². The van der Waals surface area contributed by atoms with Gasteiger partial charge in [-0.05, 0) is 44.6 Å². The molecule has 0 aliphatic carbocycles. The highest BCUT2D eigenvalue weighted by molar-refractivity contribution is 7.89. The number of nitriles is 1.